The van der Waals surface area contributed by atoms with Crippen molar-refractivity contribution in [1.82, 2.24) is 25.1 Å². The van der Waals surface area contributed by atoms with Crippen LogP contribution in [-0.4, -0.2) is 32.8 Å². The monoisotopic (exact) mass is 229 g/mol. The Labute approximate surface area is 99.9 Å². The van der Waals surface area contributed by atoms with Crippen LogP contribution in [0.1, 0.15) is 18.9 Å². The number of hydrogen-bond donors (Lipinski definition) is 1. The average molecular weight is 229 g/mol. The van der Waals surface area contributed by atoms with Crippen LogP contribution < -0.4 is 5.32 Å². The molecule has 2 aromatic rings. The SMILES string of the molecule is c1cnc(-c2ccn([C@@H]3CCCNC3)n2)cn1. The Kier molecular flexibility index (Phi) is 2.83. The van der Waals surface area contributed by atoms with E-state index >= 15 is 0 Å². The first-order valence-corrected chi connectivity index (χ1v) is 5.96. The summed E-state index contributed by atoms with van der Waals surface area (Å²) in [5, 5.41) is 7.97. The molecule has 3 rings (SSSR count). The summed E-state index contributed by atoms with van der Waals surface area (Å²) >= 11 is 0. The Morgan fingerprint density at radius 2 is 2.29 bits per heavy atom. The fraction of sp³-hybridized carbons (Fsp3) is 0.417. The van der Waals surface area contributed by atoms with Crippen molar-refractivity contribution in [2.45, 2.75) is 18.9 Å². The van der Waals surface area contributed by atoms with Gasteiger partial charge in [0.1, 0.15) is 11.4 Å². The van der Waals surface area contributed by atoms with Crippen LogP contribution in [0.4, 0.5) is 0 Å². The van der Waals surface area contributed by atoms with E-state index in [2.05, 4.69) is 20.4 Å². The third-order valence-electron chi connectivity index (χ3n) is 3.08. The van der Waals surface area contributed by atoms with E-state index in [0.29, 0.717) is 6.04 Å². The zero-order chi connectivity index (χ0) is 11.5. The molecule has 0 unspecified atom stereocenters. The Hall–Kier alpha value is -1.75. The summed E-state index contributed by atoms with van der Waals surface area (Å²) in [6.07, 6.45) is 9.54. The van der Waals surface area contributed by atoms with Crippen LogP contribution in [0, 0.1) is 0 Å². The predicted octanol–water partition coefficient (Wildman–Crippen LogP) is 1.26. The molecule has 1 saturated heterocycles. The molecule has 0 bridgehead atoms. The number of nitrogens with one attached hydrogen (secondary N) is 1. The van der Waals surface area contributed by atoms with Crippen molar-refractivity contribution < 1.29 is 0 Å². The van der Waals surface area contributed by atoms with Gasteiger partial charge in [-0.25, -0.2) is 0 Å². The van der Waals surface area contributed by atoms with Crippen LogP contribution in [0.5, 0.6) is 0 Å². The summed E-state index contributed by atoms with van der Waals surface area (Å²) in [5.41, 5.74) is 1.72. The highest BCUT2D eigenvalue weighted by Gasteiger charge is 2.16. The molecule has 0 aliphatic carbocycles. The van der Waals surface area contributed by atoms with Crippen LogP contribution in [0.15, 0.2) is 30.9 Å². The van der Waals surface area contributed by atoms with Crippen LogP contribution in [-0.2, 0) is 0 Å². The largest absolute Gasteiger partial charge is 0.315 e. The molecule has 5 nitrogen and oxygen atoms in total. The molecule has 0 aromatic carbocycles. The molecule has 17 heavy (non-hydrogen) atoms. The summed E-state index contributed by atoms with van der Waals surface area (Å²) in [6.45, 7) is 2.12. The van der Waals surface area contributed by atoms with E-state index < -0.39 is 0 Å². The predicted molar refractivity (Wildman–Crippen MR) is 64.4 cm³/mol. The summed E-state index contributed by atoms with van der Waals surface area (Å²) in [4.78, 5) is 8.31. The van der Waals surface area contributed by atoms with Gasteiger partial charge in [0.25, 0.3) is 0 Å². The van der Waals surface area contributed by atoms with Gasteiger partial charge in [-0.05, 0) is 25.5 Å². The van der Waals surface area contributed by atoms with Gasteiger partial charge in [-0.3, -0.25) is 14.6 Å². The summed E-state index contributed by atoms with van der Waals surface area (Å²) in [6, 6.07) is 2.47. The van der Waals surface area contributed by atoms with E-state index in [1.807, 2.05) is 16.9 Å². The maximum absolute atomic E-state index is 4.58. The standard InChI is InChI=1S/C12H15N5/c1-2-10(8-13-4-1)17-7-3-11(16-17)12-9-14-5-6-15-12/h3,5-7,9-10,13H,1-2,4,8H2/t10-/m1/s1. The fourth-order valence-electron chi connectivity index (χ4n) is 2.17. The lowest BCUT2D eigenvalue weighted by Gasteiger charge is -2.22. The van der Waals surface area contributed by atoms with Gasteiger partial charge in [-0.1, -0.05) is 0 Å². The van der Waals surface area contributed by atoms with Crippen LogP contribution in [0.2, 0.25) is 0 Å². The highest BCUT2D eigenvalue weighted by Crippen LogP contribution is 2.19. The highest BCUT2D eigenvalue weighted by atomic mass is 15.3. The number of hydrogen-bond acceptors (Lipinski definition) is 4. The fourth-order valence-corrected chi connectivity index (χ4v) is 2.17. The quantitative estimate of drug-likeness (QED) is 0.842. The third-order valence-corrected chi connectivity index (χ3v) is 3.08. The topological polar surface area (TPSA) is 55.6 Å². The minimum atomic E-state index is 0.467. The first-order chi connectivity index (χ1) is 8.43. The molecule has 3 heterocycles. The molecule has 0 saturated carbocycles. The van der Waals surface area contributed by atoms with Gasteiger partial charge in [-0.2, -0.15) is 5.10 Å². The van der Waals surface area contributed by atoms with Gasteiger partial charge in [0.15, 0.2) is 0 Å². The highest BCUT2D eigenvalue weighted by molar-refractivity contribution is 5.51. The molecule has 1 atom stereocenters. The van der Waals surface area contributed by atoms with Crippen LogP contribution in [0.3, 0.4) is 0 Å². The zero-order valence-electron chi connectivity index (χ0n) is 9.58. The van der Waals surface area contributed by atoms with Crippen molar-refractivity contribution in [3.05, 3.63) is 30.9 Å². The Morgan fingerprint density at radius 1 is 1.29 bits per heavy atom. The minimum absolute atomic E-state index is 0.467. The molecule has 0 radical (unpaired) electrons. The first-order valence-electron chi connectivity index (χ1n) is 5.96. The second-order valence-electron chi connectivity index (χ2n) is 4.27. The molecule has 88 valence electrons. The zero-order valence-corrected chi connectivity index (χ0v) is 9.58. The molecule has 1 aliphatic rings. The Morgan fingerprint density at radius 3 is 3.06 bits per heavy atom. The molecule has 0 spiro atoms. The number of piperidine rings is 1. The molecular formula is C12H15N5. The number of aromatic nitrogens is 4. The Balaban J connectivity index is 1.83. The Bertz CT molecular complexity index is 473. The van der Waals surface area contributed by atoms with E-state index in [0.717, 1.165) is 24.5 Å². The molecule has 1 fully saturated rings. The number of rotatable bonds is 2. The van der Waals surface area contributed by atoms with E-state index in [9.17, 15) is 0 Å². The second-order valence-corrected chi connectivity index (χ2v) is 4.27. The van der Waals surface area contributed by atoms with Gasteiger partial charge in [0, 0.05) is 25.1 Å². The molecule has 5 heteroatoms. The van der Waals surface area contributed by atoms with Crippen LogP contribution >= 0.6 is 0 Å². The van der Waals surface area contributed by atoms with Gasteiger partial charge >= 0.3 is 0 Å². The summed E-state index contributed by atoms with van der Waals surface area (Å²) < 4.78 is 2.04. The van der Waals surface area contributed by atoms with Crippen molar-refractivity contribution in [2.75, 3.05) is 13.1 Å². The van der Waals surface area contributed by atoms with Crippen molar-refractivity contribution in [2.24, 2.45) is 0 Å². The van der Waals surface area contributed by atoms with Crippen molar-refractivity contribution in [1.29, 1.82) is 0 Å². The number of nitrogens with zero attached hydrogens (tertiary/aromatic N) is 4. The van der Waals surface area contributed by atoms with Crippen molar-refractivity contribution in [3.8, 4) is 11.4 Å². The molecule has 1 aliphatic heterocycles. The lowest BCUT2D eigenvalue weighted by atomic mass is 10.1. The maximum atomic E-state index is 4.58. The first kappa shape index (κ1) is 10.4. The van der Waals surface area contributed by atoms with Gasteiger partial charge in [-0.15, -0.1) is 0 Å². The normalized spacial score (nSPS) is 20.4. The van der Waals surface area contributed by atoms with Gasteiger partial charge in [0.05, 0.1) is 12.2 Å². The van der Waals surface area contributed by atoms with E-state index in [-0.39, 0.29) is 0 Å². The second kappa shape index (κ2) is 4.63. The van der Waals surface area contributed by atoms with Crippen LogP contribution in [0.25, 0.3) is 11.4 Å². The molecule has 1 N–H and O–H groups in total. The maximum Gasteiger partial charge on any atom is 0.112 e. The molecule has 2 aromatic heterocycles. The lowest BCUT2D eigenvalue weighted by molar-refractivity contribution is 0.347. The average Bonchev–Trinajstić information content (AvgIpc) is 2.90. The van der Waals surface area contributed by atoms with Crippen molar-refractivity contribution >= 4 is 0 Å². The molecule has 0 amide bonds. The smallest absolute Gasteiger partial charge is 0.112 e. The third kappa shape index (κ3) is 2.19. The minimum Gasteiger partial charge on any atom is -0.315 e. The van der Waals surface area contributed by atoms with Crippen molar-refractivity contribution in [3.63, 3.8) is 0 Å². The van der Waals surface area contributed by atoms with Gasteiger partial charge < -0.3 is 5.32 Å². The van der Waals surface area contributed by atoms with E-state index in [1.54, 1.807) is 18.6 Å². The summed E-state index contributed by atoms with van der Waals surface area (Å²) in [5.74, 6) is 0. The van der Waals surface area contributed by atoms with Gasteiger partial charge in [0.2, 0.25) is 0 Å². The lowest BCUT2D eigenvalue weighted by Crippen LogP contribution is -2.31. The van der Waals surface area contributed by atoms with E-state index in [4.69, 9.17) is 0 Å². The summed E-state index contributed by atoms with van der Waals surface area (Å²) in [7, 11) is 0. The molecular weight excluding hydrogens is 214 g/mol. The van der Waals surface area contributed by atoms with E-state index in [1.165, 1.54) is 12.8 Å².